The van der Waals surface area contributed by atoms with E-state index in [0.717, 1.165) is 0 Å². The number of esters is 1. The summed E-state index contributed by atoms with van der Waals surface area (Å²) in [6, 6.07) is 0. The molecule has 7 atom stereocenters. The Morgan fingerprint density at radius 3 is 2.67 bits per heavy atom. The van der Waals surface area contributed by atoms with Crippen molar-refractivity contribution in [3.8, 4) is 0 Å². The fourth-order valence-electron chi connectivity index (χ4n) is 4.45. The predicted octanol–water partition coefficient (Wildman–Crippen LogP) is -1.62. The van der Waals surface area contributed by atoms with Crippen LogP contribution < -0.4 is 11.1 Å². The Morgan fingerprint density at radius 1 is 1.42 bits per heavy atom. The number of aliphatic hydroxyl groups excluding tert-OH is 3. The standard InChI is InChI=1S/C15H23ClN2O6/c1-13-14(17,5-6-16)11(22)18-15(13,12(23)24-13)10(21)7-3-2-4-8(19)9(7)20/h7-10,19-21H,2-6,17H2,1H3,(H,18,22)/t7-,8?,9?,10-,13-,14+,15-/m0/s1. The van der Waals surface area contributed by atoms with Crippen molar-refractivity contribution >= 4 is 23.5 Å². The van der Waals surface area contributed by atoms with Gasteiger partial charge in [-0.2, -0.15) is 0 Å². The lowest BCUT2D eigenvalue weighted by Gasteiger charge is -2.57. The molecule has 24 heavy (non-hydrogen) atoms. The minimum atomic E-state index is -1.74. The van der Waals surface area contributed by atoms with Crippen LogP contribution in [0.4, 0.5) is 0 Å². The number of ether oxygens (including phenoxy) is 1. The molecule has 1 amide bonds. The van der Waals surface area contributed by atoms with Gasteiger partial charge >= 0.3 is 5.97 Å². The Labute approximate surface area is 144 Å². The van der Waals surface area contributed by atoms with Crippen molar-refractivity contribution in [1.29, 1.82) is 0 Å². The van der Waals surface area contributed by atoms with E-state index in [1.165, 1.54) is 6.92 Å². The van der Waals surface area contributed by atoms with Crippen LogP contribution >= 0.6 is 11.6 Å². The number of rotatable bonds is 4. The third-order valence-corrected chi connectivity index (χ3v) is 6.34. The lowest BCUT2D eigenvalue weighted by Crippen LogP contribution is -2.84. The molecule has 0 spiro atoms. The lowest BCUT2D eigenvalue weighted by atomic mass is 9.61. The van der Waals surface area contributed by atoms with Crippen LogP contribution in [0.5, 0.6) is 0 Å². The van der Waals surface area contributed by atoms with Crippen LogP contribution in [0.3, 0.4) is 0 Å². The highest BCUT2D eigenvalue weighted by Crippen LogP contribution is 2.54. The minimum Gasteiger partial charge on any atom is -0.452 e. The van der Waals surface area contributed by atoms with Crippen molar-refractivity contribution in [2.24, 2.45) is 11.7 Å². The molecule has 6 N–H and O–H groups in total. The third kappa shape index (κ3) is 1.89. The normalized spacial score (nSPS) is 49.0. The van der Waals surface area contributed by atoms with Gasteiger partial charge in [0.15, 0.2) is 5.60 Å². The summed E-state index contributed by atoms with van der Waals surface area (Å²) in [6.07, 6.45) is -2.14. The molecular weight excluding hydrogens is 340 g/mol. The topological polar surface area (TPSA) is 142 Å². The molecule has 136 valence electrons. The summed E-state index contributed by atoms with van der Waals surface area (Å²) in [4.78, 5) is 24.8. The van der Waals surface area contributed by atoms with E-state index in [1.807, 2.05) is 0 Å². The highest BCUT2D eigenvalue weighted by Gasteiger charge is 2.84. The van der Waals surface area contributed by atoms with Gasteiger partial charge in [-0.3, -0.25) is 4.79 Å². The SMILES string of the molecule is C[C@@]12OC(=O)[C@]1([C@@H](O)[C@H]1CCCC(O)C1O)NC(=O)[C@]2(N)CCCl. The van der Waals surface area contributed by atoms with Gasteiger partial charge in [-0.1, -0.05) is 6.42 Å². The van der Waals surface area contributed by atoms with Crippen LogP contribution in [-0.2, 0) is 14.3 Å². The first-order valence-corrected chi connectivity index (χ1v) is 8.64. The van der Waals surface area contributed by atoms with Gasteiger partial charge in [-0.05, 0) is 26.2 Å². The number of carbonyl (C=O) groups is 2. The number of nitrogens with one attached hydrogen (secondary N) is 1. The van der Waals surface area contributed by atoms with Gasteiger partial charge in [0.25, 0.3) is 0 Å². The van der Waals surface area contributed by atoms with Crippen molar-refractivity contribution < 1.29 is 29.6 Å². The molecule has 0 radical (unpaired) electrons. The maximum atomic E-state index is 12.5. The molecule has 3 rings (SSSR count). The van der Waals surface area contributed by atoms with Crippen molar-refractivity contribution in [2.45, 2.75) is 67.6 Å². The van der Waals surface area contributed by atoms with E-state index in [4.69, 9.17) is 22.1 Å². The second-order valence-corrected chi connectivity index (χ2v) is 7.57. The van der Waals surface area contributed by atoms with Crippen LogP contribution in [0.1, 0.15) is 32.6 Å². The quantitative estimate of drug-likeness (QED) is 0.299. The molecule has 0 aromatic carbocycles. The summed E-state index contributed by atoms with van der Waals surface area (Å²) < 4.78 is 5.26. The minimum absolute atomic E-state index is 0.0640. The maximum Gasteiger partial charge on any atom is 0.339 e. The van der Waals surface area contributed by atoms with Crippen molar-refractivity contribution in [3.63, 3.8) is 0 Å². The monoisotopic (exact) mass is 362 g/mol. The van der Waals surface area contributed by atoms with Gasteiger partial charge in [0.05, 0.1) is 18.3 Å². The second-order valence-electron chi connectivity index (χ2n) is 7.19. The maximum absolute atomic E-state index is 12.5. The molecular formula is C15H23ClN2O6. The Morgan fingerprint density at radius 2 is 2.08 bits per heavy atom. The van der Waals surface area contributed by atoms with Crippen molar-refractivity contribution in [3.05, 3.63) is 0 Å². The number of aliphatic hydroxyl groups is 3. The number of alkyl halides is 1. The van der Waals surface area contributed by atoms with E-state index in [0.29, 0.717) is 19.3 Å². The van der Waals surface area contributed by atoms with E-state index >= 15 is 0 Å². The van der Waals surface area contributed by atoms with Crippen LogP contribution in [0.2, 0.25) is 0 Å². The largest absolute Gasteiger partial charge is 0.452 e. The lowest BCUT2D eigenvalue weighted by molar-refractivity contribution is -0.247. The predicted molar refractivity (Wildman–Crippen MR) is 83.0 cm³/mol. The summed E-state index contributed by atoms with van der Waals surface area (Å²) in [5.41, 5.74) is 1.42. The van der Waals surface area contributed by atoms with Crippen LogP contribution in [0.15, 0.2) is 0 Å². The number of fused-ring (bicyclic) bond motifs is 1. The van der Waals surface area contributed by atoms with Gasteiger partial charge < -0.3 is 31.1 Å². The van der Waals surface area contributed by atoms with E-state index in [-0.39, 0.29) is 12.3 Å². The molecule has 2 aliphatic heterocycles. The molecule has 0 aromatic heterocycles. The van der Waals surface area contributed by atoms with Crippen molar-refractivity contribution in [2.75, 3.05) is 5.88 Å². The summed E-state index contributed by atoms with van der Waals surface area (Å²) >= 11 is 5.75. The van der Waals surface area contributed by atoms with Gasteiger partial charge in [0.2, 0.25) is 11.4 Å². The first kappa shape index (κ1) is 17.9. The third-order valence-electron chi connectivity index (χ3n) is 6.15. The summed E-state index contributed by atoms with van der Waals surface area (Å²) in [7, 11) is 0. The summed E-state index contributed by atoms with van der Waals surface area (Å²) in [6.45, 7) is 1.49. The average Bonchev–Trinajstić information content (AvgIpc) is 2.66. The van der Waals surface area contributed by atoms with Crippen LogP contribution in [-0.4, -0.2) is 68.1 Å². The Balaban J connectivity index is 1.99. The molecule has 2 unspecified atom stereocenters. The molecule has 1 saturated carbocycles. The number of carbonyl (C=O) groups excluding carboxylic acids is 2. The number of nitrogens with two attached hydrogens (primary N) is 1. The molecule has 8 nitrogen and oxygen atoms in total. The molecule has 2 heterocycles. The first-order chi connectivity index (χ1) is 11.2. The van der Waals surface area contributed by atoms with Gasteiger partial charge in [-0.15, -0.1) is 11.6 Å². The summed E-state index contributed by atoms with van der Waals surface area (Å²) in [5, 5.41) is 33.6. The fraction of sp³-hybridized carbons (Fsp3) is 0.867. The highest BCUT2D eigenvalue weighted by molar-refractivity contribution is 6.18. The first-order valence-electron chi connectivity index (χ1n) is 8.11. The van der Waals surface area contributed by atoms with E-state index < -0.39 is 52.8 Å². The number of halogens is 1. The average molecular weight is 363 g/mol. The Bertz CT molecular complexity index is 576. The zero-order valence-electron chi connectivity index (χ0n) is 13.4. The van der Waals surface area contributed by atoms with Gasteiger partial charge in [0.1, 0.15) is 5.54 Å². The van der Waals surface area contributed by atoms with Crippen LogP contribution in [0, 0.1) is 5.92 Å². The second kappa shape index (κ2) is 5.54. The van der Waals surface area contributed by atoms with E-state index in [1.54, 1.807) is 0 Å². The zero-order chi connectivity index (χ0) is 17.9. The molecule has 3 aliphatic rings. The number of hydrogen-bond donors (Lipinski definition) is 5. The zero-order valence-corrected chi connectivity index (χ0v) is 14.1. The molecule has 3 fully saturated rings. The highest BCUT2D eigenvalue weighted by atomic mass is 35.5. The molecule has 0 aromatic rings. The van der Waals surface area contributed by atoms with Crippen molar-refractivity contribution in [1.82, 2.24) is 5.32 Å². The number of hydrogen-bond acceptors (Lipinski definition) is 7. The smallest absolute Gasteiger partial charge is 0.339 e. The van der Waals surface area contributed by atoms with Crippen LogP contribution in [0.25, 0.3) is 0 Å². The van der Waals surface area contributed by atoms with E-state index in [2.05, 4.69) is 5.32 Å². The molecule has 0 bridgehead atoms. The number of amides is 1. The fourth-order valence-corrected chi connectivity index (χ4v) is 4.75. The van der Waals surface area contributed by atoms with E-state index in [9.17, 15) is 24.9 Å². The molecule has 1 aliphatic carbocycles. The summed E-state index contributed by atoms with van der Waals surface area (Å²) in [5.74, 6) is -2.12. The van der Waals surface area contributed by atoms with Gasteiger partial charge in [0, 0.05) is 11.8 Å². The van der Waals surface area contributed by atoms with Gasteiger partial charge in [-0.25, -0.2) is 4.79 Å². The Kier molecular flexibility index (Phi) is 4.12. The Hall–Kier alpha value is -0.930. The molecule has 2 saturated heterocycles. The molecule has 9 heteroatoms.